The van der Waals surface area contributed by atoms with Crippen molar-refractivity contribution < 1.29 is 36.7 Å². The number of rotatable bonds is 2. The van der Waals surface area contributed by atoms with Crippen LogP contribution in [0.5, 0.6) is 0 Å². The molecule has 4 heteroatoms. The minimum absolute atomic E-state index is 0. The molecule has 0 N–H and O–H groups in total. The Hall–Kier alpha value is -0.116. The molecule has 0 bridgehead atoms. The quantitative estimate of drug-likeness (QED) is 0.419. The topological polar surface area (TPSA) is 63.2 Å². The molecule has 0 aliphatic carbocycles. The maximum Gasteiger partial charge on any atom is 2.00 e. The van der Waals surface area contributed by atoms with E-state index in [-0.39, 0.29) is 33.9 Å². The molecule has 0 amide bonds. The Labute approximate surface area is 82.0 Å². The summed E-state index contributed by atoms with van der Waals surface area (Å²) in [5.74, 6) is -1.19. The summed E-state index contributed by atoms with van der Waals surface area (Å²) in [4.78, 5) is 9.49. The van der Waals surface area contributed by atoms with Crippen molar-refractivity contribution in [2.45, 2.75) is 20.3 Å². The molecule has 0 saturated heterocycles. The third-order valence-electron chi connectivity index (χ3n) is 0.553. The third kappa shape index (κ3) is 25.8. The van der Waals surface area contributed by atoms with Crippen molar-refractivity contribution in [3.8, 4) is 0 Å². The third-order valence-corrected chi connectivity index (χ3v) is 0.553. The van der Waals surface area contributed by atoms with Gasteiger partial charge in [0.05, 0.1) is 5.97 Å². The molecule has 0 aromatic heterocycles. The van der Waals surface area contributed by atoms with E-state index in [1.807, 2.05) is 6.92 Å². The van der Waals surface area contributed by atoms with E-state index in [1.54, 1.807) is 0 Å². The molecule has 0 aliphatic heterocycles. The van der Waals surface area contributed by atoms with Gasteiger partial charge in [0.2, 0.25) is 0 Å². The Morgan fingerprint density at radius 1 is 1.55 bits per heavy atom. The first kappa shape index (κ1) is 17.1. The molecule has 11 heavy (non-hydrogen) atoms. The van der Waals surface area contributed by atoms with E-state index >= 15 is 0 Å². The van der Waals surface area contributed by atoms with Gasteiger partial charge >= 0.3 is 21.7 Å². The van der Waals surface area contributed by atoms with Gasteiger partial charge in [-0.2, -0.15) is 0 Å². The van der Waals surface area contributed by atoms with Gasteiger partial charge in [-0.25, -0.2) is 0 Å². The van der Waals surface area contributed by atoms with Gasteiger partial charge in [-0.3, -0.25) is 0 Å². The first-order valence-corrected chi connectivity index (χ1v) is 3.01. The van der Waals surface area contributed by atoms with Gasteiger partial charge in [-0.15, -0.1) is 6.61 Å². The van der Waals surface area contributed by atoms with Crippen molar-refractivity contribution in [1.29, 1.82) is 0 Å². The molecule has 0 unspecified atom stereocenters. The number of aliphatic carboxylic acids is 1. The predicted molar refractivity (Wildman–Crippen MR) is 35.0 cm³/mol. The predicted octanol–water partition coefficient (Wildman–Crippen LogP) is -0.933. The van der Waals surface area contributed by atoms with Crippen molar-refractivity contribution in [2.75, 3.05) is 6.61 Å². The maximum atomic E-state index is 9.49. The zero-order valence-corrected chi connectivity index (χ0v) is 8.41. The van der Waals surface area contributed by atoms with E-state index in [2.05, 4.69) is 6.58 Å². The second-order valence-corrected chi connectivity index (χ2v) is 1.77. The van der Waals surface area contributed by atoms with Gasteiger partial charge in [0.1, 0.15) is 0 Å². The SMILES string of the molecule is C=C(C)C(=O)[O-].CCC[O-].[Ti+2]. The van der Waals surface area contributed by atoms with Crippen LogP contribution in [0, 0.1) is 0 Å². The van der Waals surface area contributed by atoms with E-state index < -0.39 is 5.97 Å². The van der Waals surface area contributed by atoms with Crippen LogP contribution in [-0.4, -0.2) is 12.6 Å². The van der Waals surface area contributed by atoms with Gasteiger partial charge in [0.15, 0.2) is 0 Å². The first-order chi connectivity index (χ1) is 4.56. The smallest absolute Gasteiger partial charge is 0.854 e. The first-order valence-electron chi connectivity index (χ1n) is 3.01. The fourth-order valence-electron chi connectivity index (χ4n) is 0. The molecule has 0 aromatic rings. The molecular formula is C7H12O3Ti. The summed E-state index contributed by atoms with van der Waals surface area (Å²) in [5, 5.41) is 18.8. The molecule has 62 valence electrons. The van der Waals surface area contributed by atoms with Gasteiger partial charge in [-0.05, 0) is 12.5 Å². The van der Waals surface area contributed by atoms with Gasteiger partial charge in [0.25, 0.3) is 0 Å². The minimum Gasteiger partial charge on any atom is -0.854 e. The van der Waals surface area contributed by atoms with Crippen LogP contribution in [0.2, 0.25) is 0 Å². The van der Waals surface area contributed by atoms with Crippen molar-refractivity contribution in [1.82, 2.24) is 0 Å². The van der Waals surface area contributed by atoms with E-state index in [0.29, 0.717) is 0 Å². The van der Waals surface area contributed by atoms with Crippen LogP contribution in [0.4, 0.5) is 0 Å². The normalized spacial score (nSPS) is 6.82. The molecule has 0 heterocycles. The summed E-state index contributed by atoms with van der Waals surface area (Å²) < 4.78 is 0. The maximum absolute atomic E-state index is 9.49. The number of carboxylic acid groups (broad SMARTS) is 1. The van der Waals surface area contributed by atoms with E-state index in [1.165, 1.54) is 6.92 Å². The van der Waals surface area contributed by atoms with Crippen molar-refractivity contribution in [2.24, 2.45) is 0 Å². The molecule has 0 saturated carbocycles. The van der Waals surface area contributed by atoms with Crippen LogP contribution in [0.1, 0.15) is 20.3 Å². The second kappa shape index (κ2) is 12.6. The minimum atomic E-state index is -1.19. The van der Waals surface area contributed by atoms with Crippen LogP contribution in [0.3, 0.4) is 0 Å². The van der Waals surface area contributed by atoms with Gasteiger partial charge < -0.3 is 15.0 Å². The molecule has 0 spiro atoms. The van der Waals surface area contributed by atoms with E-state index in [4.69, 9.17) is 0 Å². The molecule has 0 aromatic carbocycles. The van der Waals surface area contributed by atoms with Crippen LogP contribution in [0.25, 0.3) is 0 Å². The van der Waals surface area contributed by atoms with Gasteiger partial charge in [-0.1, -0.05) is 19.9 Å². The Kier molecular flexibility index (Phi) is 19.5. The van der Waals surface area contributed by atoms with Crippen molar-refractivity contribution in [3.05, 3.63) is 12.2 Å². The zero-order valence-electron chi connectivity index (χ0n) is 6.85. The van der Waals surface area contributed by atoms with Crippen molar-refractivity contribution >= 4 is 5.97 Å². The zero-order chi connectivity index (χ0) is 8.57. The summed E-state index contributed by atoms with van der Waals surface area (Å²) >= 11 is 0. The van der Waals surface area contributed by atoms with Crippen LogP contribution < -0.4 is 10.2 Å². The fraction of sp³-hybridized carbons (Fsp3) is 0.571. The number of hydrogen-bond acceptors (Lipinski definition) is 3. The van der Waals surface area contributed by atoms with Gasteiger partial charge in [0, 0.05) is 0 Å². The standard InChI is InChI=1S/C4H6O2.C3H7O.Ti/c1-3(2)4(5)6;1-2-3-4;/h1H2,2H3,(H,5,6);2-3H2,1H3;/q;-1;+2/p-1. The second-order valence-electron chi connectivity index (χ2n) is 1.77. The molecule has 3 nitrogen and oxygen atoms in total. The number of hydrogen-bond donors (Lipinski definition) is 0. The summed E-state index contributed by atoms with van der Waals surface area (Å²) in [6.45, 7) is 6.41. The average molecular weight is 192 g/mol. The summed E-state index contributed by atoms with van der Waals surface area (Å²) in [7, 11) is 0. The summed E-state index contributed by atoms with van der Waals surface area (Å²) in [6.07, 6.45) is 0.764. The average Bonchev–Trinajstić information content (AvgIpc) is 1.89. The Morgan fingerprint density at radius 2 is 1.73 bits per heavy atom. The molecule has 0 rings (SSSR count). The fourth-order valence-corrected chi connectivity index (χ4v) is 0. The number of carbonyl (C=O) groups is 1. The monoisotopic (exact) mass is 192 g/mol. The molecule has 0 atom stereocenters. The Bertz CT molecular complexity index is 98.3. The van der Waals surface area contributed by atoms with E-state index in [0.717, 1.165) is 6.42 Å². The number of carbonyl (C=O) groups excluding carboxylic acids is 1. The summed E-state index contributed by atoms with van der Waals surface area (Å²) in [5.41, 5.74) is 0.0648. The molecule has 0 radical (unpaired) electrons. The largest absolute Gasteiger partial charge is 2.00 e. The van der Waals surface area contributed by atoms with Crippen LogP contribution in [0.15, 0.2) is 12.2 Å². The Morgan fingerprint density at radius 3 is 1.73 bits per heavy atom. The molecule has 0 fully saturated rings. The van der Waals surface area contributed by atoms with E-state index in [9.17, 15) is 15.0 Å². The van der Waals surface area contributed by atoms with Crippen molar-refractivity contribution in [3.63, 3.8) is 0 Å². The molecular weight excluding hydrogens is 180 g/mol. The molecule has 0 aliphatic rings. The summed E-state index contributed by atoms with van der Waals surface area (Å²) in [6, 6.07) is 0. The number of carboxylic acids is 1. The van der Waals surface area contributed by atoms with Crippen LogP contribution in [-0.2, 0) is 26.5 Å². The Balaban J connectivity index is -0.000000114. The van der Waals surface area contributed by atoms with Crippen LogP contribution >= 0.6 is 0 Å².